The molecule has 2 N–H and O–H groups in total. The van der Waals surface area contributed by atoms with Gasteiger partial charge >= 0.3 is 5.76 Å². The van der Waals surface area contributed by atoms with E-state index in [-0.39, 0.29) is 18.9 Å². The van der Waals surface area contributed by atoms with Crippen molar-refractivity contribution >= 4 is 45.3 Å². The second kappa shape index (κ2) is 7.33. The molecular formula is C21H14N4O5S. The highest BCUT2D eigenvalue weighted by Crippen LogP contribution is 2.27. The van der Waals surface area contributed by atoms with Crippen molar-refractivity contribution in [2.24, 2.45) is 0 Å². The summed E-state index contributed by atoms with van der Waals surface area (Å²) >= 11 is 1.25. The first-order valence-corrected chi connectivity index (χ1v) is 10.2. The van der Waals surface area contributed by atoms with Crippen LogP contribution in [0, 0.1) is 0 Å². The minimum Gasteiger partial charge on any atom is -0.408 e. The summed E-state index contributed by atoms with van der Waals surface area (Å²) < 4.78 is 4.98. The molecule has 0 radical (unpaired) electrons. The molecule has 1 aliphatic heterocycles. The molecule has 3 amide bonds. The first-order valence-electron chi connectivity index (χ1n) is 9.33. The zero-order chi connectivity index (χ0) is 21.5. The number of aromatic amines is 1. The molecule has 0 saturated heterocycles. The summed E-state index contributed by atoms with van der Waals surface area (Å²) in [5.74, 6) is -1.67. The average Bonchev–Trinajstić information content (AvgIpc) is 3.43. The molecule has 0 unspecified atom stereocenters. The topological polar surface area (TPSA) is 125 Å². The normalized spacial score (nSPS) is 13.1. The number of oxazole rings is 1. The Morgan fingerprint density at radius 1 is 1.10 bits per heavy atom. The summed E-state index contributed by atoms with van der Waals surface area (Å²) in [6.45, 7) is -0.0130. The van der Waals surface area contributed by atoms with Crippen molar-refractivity contribution in [1.29, 1.82) is 0 Å². The number of rotatable bonds is 5. The number of hydrogen-bond acceptors (Lipinski definition) is 7. The van der Waals surface area contributed by atoms with Crippen LogP contribution in [0.1, 0.15) is 27.1 Å². The monoisotopic (exact) mass is 434 g/mol. The summed E-state index contributed by atoms with van der Waals surface area (Å²) in [5.41, 5.74) is 3.10. The maximum atomic E-state index is 12.4. The predicted molar refractivity (Wildman–Crippen MR) is 113 cm³/mol. The number of H-pyrrole nitrogens is 1. The van der Waals surface area contributed by atoms with Gasteiger partial charge < -0.3 is 9.73 Å². The fraction of sp³-hybridized carbons (Fsp3) is 0.0952. The lowest BCUT2D eigenvalue weighted by Gasteiger charge is -2.12. The first kappa shape index (κ1) is 18.9. The van der Waals surface area contributed by atoms with E-state index < -0.39 is 17.6 Å². The lowest BCUT2D eigenvalue weighted by Crippen LogP contribution is -2.32. The van der Waals surface area contributed by atoms with Gasteiger partial charge in [-0.1, -0.05) is 12.1 Å². The third-order valence-corrected chi connectivity index (χ3v) is 5.66. The molecule has 0 atom stereocenters. The number of carbonyl (C=O) groups excluding carboxylic acids is 3. The van der Waals surface area contributed by atoms with E-state index in [0.717, 1.165) is 10.5 Å². The minimum absolute atomic E-state index is 0.0130. The van der Waals surface area contributed by atoms with Gasteiger partial charge in [0.15, 0.2) is 10.7 Å². The van der Waals surface area contributed by atoms with Crippen molar-refractivity contribution in [3.05, 3.63) is 69.5 Å². The summed E-state index contributed by atoms with van der Waals surface area (Å²) in [6, 6.07) is 11.8. The van der Waals surface area contributed by atoms with Crippen molar-refractivity contribution in [2.75, 3.05) is 11.9 Å². The van der Waals surface area contributed by atoms with Gasteiger partial charge in [-0.3, -0.25) is 24.3 Å². The van der Waals surface area contributed by atoms with Gasteiger partial charge in [-0.15, -0.1) is 11.3 Å². The van der Waals surface area contributed by atoms with E-state index in [4.69, 9.17) is 4.42 Å². The van der Waals surface area contributed by atoms with E-state index >= 15 is 0 Å². The lowest BCUT2D eigenvalue weighted by molar-refractivity contribution is -0.116. The average molecular weight is 434 g/mol. The molecule has 4 aromatic rings. The molecule has 10 heteroatoms. The Balaban J connectivity index is 1.23. The zero-order valence-corrected chi connectivity index (χ0v) is 16.7. The number of imide groups is 1. The molecule has 3 heterocycles. The van der Waals surface area contributed by atoms with Gasteiger partial charge in [-0.2, -0.15) is 0 Å². The molecule has 0 aliphatic carbocycles. The zero-order valence-electron chi connectivity index (χ0n) is 15.9. The van der Waals surface area contributed by atoms with Gasteiger partial charge in [0.25, 0.3) is 11.8 Å². The Bertz CT molecular complexity index is 1380. The van der Waals surface area contributed by atoms with E-state index in [0.29, 0.717) is 33.1 Å². The molecule has 0 bridgehead atoms. The van der Waals surface area contributed by atoms with Crippen molar-refractivity contribution in [1.82, 2.24) is 14.9 Å². The van der Waals surface area contributed by atoms with Crippen LogP contribution in [0.15, 0.2) is 57.1 Å². The SMILES string of the molecule is O=C(CCN1C(=O)c2ccccc2C1=O)Nc1nc(-c2ccc3oc(=O)[nH]c3c2)cs1. The van der Waals surface area contributed by atoms with E-state index in [2.05, 4.69) is 15.3 Å². The lowest BCUT2D eigenvalue weighted by atomic mass is 10.1. The van der Waals surface area contributed by atoms with Crippen molar-refractivity contribution in [3.63, 3.8) is 0 Å². The van der Waals surface area contributed by atoms with Crippen molar-refractivity contribution in [2.45, 2.75) is 6.42 Å². The number of benzene rings is 2. The summed E-state index contributed by atoms with van der Waals surface area (Å²) in [4.78, 5) is 56.4. The maximum Gasteiger partial charge on any atom is 0.417 e. The fourth-order valence-corrected chi connectivity index (χ4v) is 4.15. The van der Waals surface area contributed by atoms with Gasteiger partial charge in [0.05, 0.1) is 22.3 Å². The van der Waals surface area contributed by atoms with Gasteiger partial charge in [0.2, 0.25) is 5.91 Å². The van der Waals surface area contributed by atoms with E-state index in [1.807, 2.05) is 0 Å². The number of hydrogen-bond donors (Lipinski definition) is 2. The number of aromatic nitrogens is 2. The molecular weight excluding hydrogens is 420 g/mol. The largest absolute Gasteiger partial charge is 0.417 e. The maximum absolute atomic E-state index is 12.4. The molecule has 1 aliphatic rings. The summed E-state index contributed by atoms with van der Waals surface area (Å²) in [7, 11) is 0. The third kappa shape index (κ3) is 3.42. The molecule has 0 spiro atoms. The summed E-state index contributed by atoms with van der Waals surface area (Å²) in [6.07, 6.45) is -0.0391. The molecule has 0 saturated carbocycles. The Morgan fingerprint density at radius 2 is 1.84 bits per heavy atom. The van der Waals surface area contributed by atoms with Crippen molar-refractivity contribution in [3.8, 4) is 11.3 Å². The first-order chi connectivity index (χ1) is 15.0. The summed E-state index contributed by atoms with van der Waals surface area (Å²) in [5, 5.41) is 4.86. The number of thiazole rings is 1. The highest BCUT2D eigenvalue weighted by atomic mass is 32.1. The third-order valence-electron chi connectivity index (χ3n) is 4.91. The molecule has 2 aromatic heterocycles. The Hall–Kier alpha value is -4.05. The number of nitrogens with zero attached hydrogens (tertiary/aromatic N) is 2. The van der Waals surface area contributed by atoms with Crippen LogP contribution >= 0.6 is 11.3 Å². The van der Waals surface area contributed by atoms with Crippen LogP contribution in [-0.2, 0) is 4.79 Å². The highest BCUT2D eigenvalue weighted by molar-refractivity contribution is 7.14. The number of fused-ring (bicyclic) bond motifs is 2. The smallest absolute Gasteiger partial charge is 0.408 e. The van der Waals surface area contributed by atoms with Crippen LogP contribution in [-0.4, -0.2) is 39.1 Å². The molecule has 2 aromatic carbocycles. The molecule has 154 valence electrons. The van der Waals surface area contributed by atoms with Gasteiger partial charge in [-0.25, -0.2) is 9.78 Å². The van der Waals surface area contributed by atoms with Gasteiger partial charge in [0.1, 0.15) is 0 Å². The van der Waals surface area contributed by atoms with Crippen LogP contribution < -0.4 is 11.1 Å². The highest BCUT2D eigenvalue weighted by Gasteiger charge is 2.34. The van der Waals surface area contributed by atoms with Crippen LogP contribution in [0.25, 0.3) is 22.4 Å². The second-order valence-corrected chi connectivity index (χ2v) is 7.73. The molecule has 9 nitrogen and oxygen atoms in total. The van der Waals surface area contributed by atoms with Gasteiger partial charge in [-0.05, 0) is 30.3 Å². The van der Waals surface area contributed by atoms with Crippen LogP contribution in [0.5, 0.6) is 0 Å². The minimum atomic E-state index is -0.531. The Kier molecular flexibility index (Phi) is 4.48. The van der Waals surface area contributed by atoms with E-state index in [1.165, 1.54) is 11.3 Å². The Labute approximate surface area is 178 Å². The Morgan fingerprint density at radius 3 is 2.58 bits per heavy atom. The van der Waals surface area contributed by atoms with Crippen LogP contribution in [0.4, 0.5) is 5.13 Å². The number of amides is 3. The second-order valence-electron chi connectivity index (χ2n) is 6.87. The molecule has 31 heavy (non-hydrogen) atoms. The van der Waals surface area contributed by atoms with Crippen molar-refractivity contribution < 1.29 is 18.8 Å². The number of carbonyl (C=O) groups is 3. The standard InChI is InChI=1S/C21H14N4O5S/c26-17(7-8-25-18(27)12-3-1-2-4-13(12)19(25)28)24-20-22-15(10-31-20)11-5-6-16-14(9-11)23-21(29)30-16/h1-6,9-10H,7-8H2,(H,23,29)(H,22,24,26). The fourth-order valence-electron chi connectivity index (χ4n) is 3.41. The van der Waals surface area contributed by atoms with Crippen LogP contribution in [0.2, 0.25) is 0 Å². The van der Waals surface area contributed by atoms with Gasteiger partial charge in [0, 0.05) is 23.9 Å². The van der Waals surface area contributed by atoms with Crippen LogP contribution in [0.3, 0.4) is 0 Å². The number of nitrogens with one attached hydrogen (secondary N) is 2. The molecule has 0 fully saturated rings. The predicted octanol–water partition coefficient (Wildman–Crippen LogP) is 2.87. The van der Waals surface area contributed by atoms with E-state index in [1.54, 1.807) is 47.8 Å². The quantitative estimate of drug-likeness (QED) is 0.465. The number of anilines is 1. The van der Waals surface area contributed by atoms with E-state index in [9.17, 15) is 19.2 Å². The molecule has 5 rings (SSSR count).